The number of benzene rings is 1. The molecule has 0 aliphatic carbocycles. The van der Waals surface area contributed by atoms with Gasteiger partial charge < -0.3 is 5.73 Å². The molecule has 0 unspecified atom stereocenters. The molecule has 0 saturated heterocycles. The number of halogens is 1. The summed E-state index contributed by atoms with van der Waals surface area (Å²) in [5.74, 6) is -0.304. The molecular weight excluding hydrogens is 283 g/mol. The van der Waals surface area contributed by atoms with Gasteiger partial charge in [0.15, 0.2) is 5.16 Å². The van der Waals surface area contributed by atoms with Gasteiger partial charge in [0, 0.05) is 29.1 Å². The Bertz CT molecular complexity index is 646. The normalized spacial score (nSPS) is 10.5. The lowest BCUT2D eigenvalue weighted by atomic mass is 10.2. The molecule has 0 aliphatic heterocycles. The van der Waals surface area contributed by atoms with Crippen LogP contribution in [0.1, 0.15) is 11.3 Å². The van der Waals surface area contributed by atoms with Crippen molar-refractivity contribution in [2.75, 3.05) is 5.73 Å². The van der Waals surface area contributed by atoms with Crippen molar-refractivity contribution in [3.63, 3.8) is 0 Å². The zero-order valence-corrected chi connectivity index (χ0v) is 11.4. The summed E-state index contributed by atoms with van der Waals surface area (Å²) in [7, 11) is 0. The highest BCUT2D eigenvalue weighted by atomic mass is 32.2. The van der Waals surface area contributed by atoms with E-state index in [0.717, 1.165) is 6.07 Å². The molecule has 2 aromatic rings. The maximum atomic E-state index is 13.9. The number of aromatic nitrogens is 2. The van der Waals surface area contributed by atoms with Crippen LogP contribution in [0.2, 0.25) is 0 Å². The van der Waals surface area contributed by atoms with Gasteiger partial charge >= 0.3 is 5.69 Å². The van der Waals surface area contributed by atoms with E-state index in [4.69, 9.17) is 5.73 Å². The summed E-state index contributed by atoms with van der Waals surface area (Å²) in [4.78, 5) is 18.1. The Hall–Kier alpha value is -2.22. The first-order valence-corrected chi connectivity index (χ1v) is 6.61. The molecule has 0 atom stereocenters. The number of thioether (sulfide) groups is 1. The third kappa shape index (κ3) is 3.21. The molecule has 2 N–H and O–H groups in total. The number of hydrogen-bond acceptors (Lipinski definition) is 6. The first-order chi connectivity index (χ1) is 9.47. The summed E-state index contributed by atoms with van der Waals surface area (Å²) in [6.45, 7) is 1.77. The minimum Gasteiger partial charge on any atom is -0.384 e. The average molecular weight is 294 g/mol. The van der Waals surface area contributed by atoms with Crippen LogP contribution in [0.4, 0.5) is 15.9 Å². The average Bonchev–Trinajstić information content (AvgIpc) is 2.36. The number of nitrogens with zero attached hydrogens (tertiary/aromatic N) is 3. The minimum atomic E-state index is -0.828. The molecule has 0 saturated carbocycles. The van der Waals surface area contributed by atoms with Crippen molar-refractivity contribution >= 4 is 23.3 Å². The largest absolute Gasteiger partial charge is 0.384 e. The molecule has 1 aromatic carbocycles. The second-order valence-electron chi connectivity index (χ2n) is 4.01. The third-order valence-electron chi connectivity index (χ3n) is 2.47. The number of nitro groups is 1. The molecule has 0 bridgehead atoms. The molecule has 104 valence electrons. The van der Waals surface area contributed by atoms with Gasteiger partial charge in [0.25, 0.3) is 0 Å². The molecule has 8 heteroatoms. The molecule has 1 heterocycles. The standard InChI is InChI=1S/C12H11FN4O2S/c1-7-5-10(14)16-12(15-7)20-6-8-3-2-4-9(11(8)13)17(18)19/h2-5H,6H2,1H3,(H2,14,15,16). The van der Waals surface area contributed by atoms with E-state index in [2.05, 4.69) is 9.97 Å². The summed E-state index contributed by atoms with van der Waals surface area (Å²) in [6.07, 6.45) is 0. The Labute approximate surface area is 118 Å². The van der Waals surface area contributed by atoms with Crippen LogP contribution in [0.3, 0.4) is 0 Å². The van der Waals surface area contributed by atoms with Crippen LogP contribution in [-0.2, 0) is 5.75 Å². The molecule has 0 aliphatic rings. The zero-order valence-electron chi connectivity index (χ0n) is 10.5. The highest BCUT2D eigenvalue weighted by Crippen LogP contribution is 2.26. The monoisotopic (exact) mass is 294 g/mol. The second kappa shape index (κ2) is 5.83. The van der Waals surface area contributed by atoms with Crippen LogP contribution < -0.4 is 5.73 Å². The summed E-state index contributed by atoms with van der Waals surface area (Å²) in [6, 6.07) is 5.69. The van der Waals surface area contributed by atoms with Gasteiger partial charge in [-0.05, 0) is 6.92 Å². The van der Waals surface area contributed by atoms with Gasteiger partial charge in [-0.25, -0.2) is 9.97 Å². The van der Waals surface area contributed by atoms with Gasteiger partial charge in [0.05, 0.1) is 4.92 Å². The molecule has 0 spiro atoms. The van der Waals surface area contributed by atoms with Crippen LogP contribution in [0.5, 0.6) is 0 Å². The molecule has 1 aromatic heterocycles. The summed E-state index contributed by atoms with van der Waals surface area (Å²) in [5, 5.41) is 11.1. The first kappa shape index (κ1) is 14.2. The van der Waals surface area contributed by atoms with Crippen LogP contribution in [0.25, 0.3) is 0 Å². The van der Waals surface area contributed by atoms with Crippen molar-refractivity contribution in [2.24, 2.45) is 0 Å². The Kier molecular flexibility index (Phi) is 4.14. The predicted molar refractivity (Wildman–Crippen MR) is 73.8 cm³/mol. The molecule has 6 nitrogen and oxygen atoms in total. The molecule has 0 radical (unpaired) electrons. The highest BCUT2D eigenvalue weighted by Gasteiger charge is 2.17. The van der Waals surface area contributed by atoms with Crippen molar-refractivity contribution in [3.05, 3.63) is 51.5 Å². The second-order valence-corrected chi connectivity index (χ2v) is 4.96. The number of aryl methyl sites for hydroxylation is 1. The summed E-state index contributed by atoms with van der Waals surface area (Å²) < 4.78 is 13.9. The SMILES string of the molecule is Cc1cc(N)nc(SCc2cccc([N+](=O)[O-])c2F)n1. The van der Waals surface area contributed by atoms with Crippen molar-refractivity contribution in [1.29, 1.82) is 0 Å². The Morgan fingerprint density at radius 1 is 1.45 bits per heavy atom. The molecule has 0 fully saturated rings. The van der Waals surface area contributed by atoms with E-state index in [0.29, 0.717) is 16.7 Å². The fourth-order valence-electron chi connectivity index (χ4n) is 1.59. The van der Waals surface area contributed by atoms with Crippen LogP contribution in [0.15, 0.2) is 29.4 Å². The van der Waals surface area contributed by atoms with Gasteiger partial charge in [-0.15, -0.1) is 0 Å². The predicted octanol–water partition coefficient (Wildman–Crippen LogP) is 2.71. The van der Waals surface area contributed by atoms with Gasteiger partial charge in [-0.3, -0.25) is 10.1 Å². The van der Waals surface area contributed by atoms with E-state index in [9.17, 15) is 14.5 Å². The first-order valence-electron chi connectivity index (χ1n) is 5.63. The lowest BCUT2D eigenvalue weighted by Gasteiger charge is -2.04. The highest BCUT2D eigenvalue weighted by molar-refractivity contribution is 7.98. The van der Waals surface area contributed by atoms with Gasteiger partial charge in [-0.2, -0.15) is 4.39 Å². The van der Waals surface area contributed by atoms with Crippen molar-refractivity contribution < 1.29 is 9.31 Å². The van der Waals surface area contributed by atoms with E-state index < -0.39 is 16.4 Å². The maximum Gasteiger partial charge on any atom is 0.305 e. The molecule has 20 heavy (non-hydrogen) atoms. The quantitative estimate of drug-likeness (QED) is 0.403. The lowest BCUT2D eigenvalue weighted by Crippen LogP contribution is -1.99. The van der Waals surface area contributed by atoms with E-state index in [1.54, 1.807) is 13.0 Å². The Balaban J connectivity index is 2.19. The minimum absolute atomic E-state index is 0.191. The van der Waals surface area contributed by atoms with Crippen molar-refractivity contribution in [2.45, 2.75) is 17.8 Å². The van der Waals surface area contributed by atoms with E-state index >= 15 is 0 Å². The van der Waals surface area contributed by atoms with Gasteiger partial charge in [0.1, 0.15) is 5.82 Å². The third-order valence-corrected chi connectivity index (χ3v) is 3.36. The Morgan fingerprint density at radius 2 is 2.20 bits per heavy atom. The number of hydrogen-bond donors (Lipinski definition) is 1. The number of nitrogens with two attached hydrogens (primary N) is 1. The number of anilines is 1. The van der Waals surface area contributed by atoms with Gasteiger partial charge in [-0.1, -0.05) is 23.9 Å². The zero-order chi connectivity index (χ0) is 14.7. The Morgan fingerprint density at radius 3 is 2.85 bits per heavy atom. The fraction of sp³-hybridized carbons (Fsp3) is 0.167. The summed E-state index contributed by atoms with van der Waals surface area (Å²) >= 11 is 1.17. The number of rotatable bonds is 4. The van der Waals surface area contributed by atoms with Crippen LogP contribution in [-0.4, -0.2) is 14.9 Å². The smallest absolute Gasteiger partial charge is 0.305 e. The van der Waals surface area contributed by atoms with Crippen LogP contribution >= 0.6 is 11.8 Å². The van der Waals surface area contributed by atoms with Crippen LogP contribution in [0, 0.1) is 22.9 Å². The maximum absolute atomic E-state index is 13.9. The van der Waals surface area contributed by atoms with Crippen molar-refractivity contribution in [1.82, 2.24) is 9.97 Å². The topological polar surface area (TPSA) is 94.9 Å². The van der Waals surface area contributed by atoms with E-state index in [1.807, 2.05) is 0 Å². The lowest BCUT2D eigenvalue weighted by molar-refractivity contribution is -0.387. The number of nitro benzene ring substituents is 1. The van der Waals surface area contributed by atoms with Gasteiger partial charge in [0.2, 0.25) is 5.82 Å². The van der Waals surface area contributed by atoms with E-state index in [1.165, 1.54) is 23.9 Å². The number of nitrogen functional groups attached to an aromatic ring is 1. The van der Waals surface area contributed by atoms with E-state index in [-0.39, 0.29) is 11.3 Å². The molecular formula is C12H11FN4O2S. The summed E-state index contributed by atoms with van der Waals surface area (Å²) in [5.41, 5.74) is 6.00. The fourth-order valence-corrected chi connectivity index (χ4v) is 2.48. The molecule has 2 rings (SSSR count). The molecule has 0 amide bonds. The van der Waals surface area contributed by atoms with Crippen molar-refractivity contribution in [3.8, 4) is 0 Å².